The average molecular weight is 239 g/mol. The molecule has 0 N–H and O–H groups in total. The first-order valence-electron chi connectivity index (χ1n) is 5.68. The Bertz CT molecular complexity index is 345. The number of carbonyl (C=O) groups excluding carboxylic acids is 1. The molecule has 0 saturated heterocycles. The Morgan fingerprint density at radius 3 is 2.31 bits per heavy atom. The van der Waals surface area contributed by atoms with E-state index in [-0.39, 0.29) is 5.24 Å². The summed E-state index contributed by atoms with van der Waals surface area (Å²) in [6.45, 7) is 6.18. The summed E-state index contributed by atoms with van der Waals surface area (Å²) in [5.74, 6) is 0.469. The molecule has 0 amide bonds. The number of hydrogen-bond acceptors (Lipinski definition) is 1. The van der Waals surface area contributed by atoms with Crippen LogP contribution < -0.4 is 0 Å². The average Bonchev–Trinajstić information content (AvgIpc) is 2.17. The lowest BCUT2D eigenvalue weighted by molar-refractivity contribution is -0.120. The SMILES string of the molecule is CC(C)C[C@](C)(Cc1ccccc1)C(=O)Cl. The van der Waals surface area contributed by atoms with Crippen molar-refractivity contribution < 1.29 is 4.79 Å². The largest absolute Gasteiger partial charge is 0.281 e. The first kappa shape index (κ1) is 13.2. The zero-order valence-corrected chi connectivity index (χ0v) is 10.9. The summed E-state index contributed by atoms with van der Waals surface area (Å²) in [5, 5.41) is -0.231. The number of rotatable bonds is 5. The predicted octanol–water partition coefficient (Wildman–Crippen LogP) is 4.05. The van der Waals surface area contributed by atoms with Gasteiger partial charge in [-0.2, -0.15) is 0 Å². The summed E-state index contributed by atoms with van der Waals surface area (Å²) < 4.78 is 0. The van der Waals surface area contributed by atoms with Crippen LogP contribution in [0.4, 0.5) is 0 Å². The molecule has 0 radical (unpaired) electrons. The topological polar surface area (TPSA) is 17.1 Å². The van der Waals surface area contributed by atoms with Gasteiger partial charge in [0, 0.05) is 5.41 Å². The van der Waals surface area contributed by atoms with Crippen molar-refractivity contribution in [1.29, 1.82) is 0 Å². The molecule has 0 heterocycles. The van der Waals surface area contributed by atoms with E-state index in [0.29, 0.717) is 12.3 Å². The van der Waals surface area contributed by atoms with Crippen LogP contribution in [0.15, 0.2) is 30.3 Å². The number of carbonyl (C=O) groups is 1. The first-order chi connectivity index (χ1) is 7.44. The Hall–Kier alpha value is -0.820. The smallest absolute Gasteiger partial charge is 0.227 e. The van der Waals surface area contributed by atoms with E-state index >= 15 is 0 Å². The molecule has 0 aliphatic rings. The van der Waals surface area contributed by atoms with Crippen molar-refractivity contribution in [2.75, 3.05) is 0 Å². The summed E-state index contributed by atoms with van der Waals surface area (Å²) in [5.41, 5.74) is 0.719. The standard InChI is InChI=1S/C14H19ClO/c1-11(2)9-14(3,13(15)16)10-12-7-5-4-6-8-12/h4-8,11H,9-10H2,1-3H3/t14-/m1/s1. The normalized spacial score (nSPS) is 14.8. The lowest BCUT2D eigenvalue weighted by Gasteiger charge is -2.27. The number of benzene rings is 1. The van der Waals surface area contributed by atoms with Gasteiger partial charge < -0.3 is 0 Å². The van der Waals surface area contributed by atoms with Gasteiger partial charge in [-0.05, 0) is 35.9 Å². The second-order valence-corrected chi connectivity index (χ2v) is 5.44. The van der Waals surface area contributed by atoms with Gasteiger partial charge in [0.15, 0.2) is 0 Å². The minimum atomic E-state index is -0.447. The Kier molecular flexibility index (Phi) is 4.55. The highest BCUT2D eigenvalue weighted by atomic mass is 35.5. The van der Waals surface area contributed by atoms with Crippen LogP contribution in [0.1, 0.15) is 32.8 Å². The van der Waals surface area contributed by atoms with Gasteiger partial charge in [0.2, 0.25) is 5.24 Å². The Labute approximate surface area is 103 Å². The van der Waals surface area contributed by atoms with Crippen LogP contribution >= 0.6 is 11.6 Å². The third-order valence-corrected chi connectivity index (χ3v) is 3.23. The van der Waals surface area contributed by atoms with Gasteiger partial charge >= 0.3 is 0 Å². The Balaban J connectivity index is 2.83. The van der Waals surface area contributed by atoms with Crippen LogP contribution in [0.2, 0.25) is 0 Å². The van der Waals surface area contributed by atoms with Crippen LogP contribution in [0, 0.1) is 11.3 Å². The summed E-state index contributed by atoms with van der Waals surface area (Å²) in [6.07, 6.45) is 1.54. The molecule has 0 saturated carbocycles. The van der Waals surface area contributed by atoms with E-state index in [1.54, 1.807) is 0 Å². The van der Waals surface area contributed by atoms with Crippen molar-refractivity contribution in [2.45, 2.75) is 33.6 Å². The zero-order chi connectivity index (χ0) is 12.2. The van der Waals surface area contributed by atoms with Gasteiger partial charge in [-0.3, -0.25) is 4.79 Å². The molecular weight excluding hydrogens is 220 g/mol. The van der Waals surface area contributed by atoms with Crippen molar-refractivity contribution in [1.82, 2.24) is 0 Å². The van der Waals surface area contributed by atoms with Gasteiger partial charge in [0.05, 0.1) is 0 Å². The van der Waals surface area contributed by atoms with Gasteiger partial charge in [0.1, 0.15) is 0 Å². The second kappa shape index (κ2) is 5.49. The van der Waals surface area contributed by atoms with Crippen molar-refractivity contribution in [3.05, 3.63) is 35.9 Å². The number of hydrogen-bond donors (Lipinski definition) is 0. The minimum Gasteiger partial charge on any atom is -0.281 e. The summed E-state index contributed by atoms with van der Waals surface area (Å²) in [6, 6.07) is 10.0. The lowest BCUT2D eigenvalue weighted by atomic mass is 9.78. The van der Waals surface area contributed by atoms with Crippen molar-refractivity contribution in [3.8, 4) is 0 Å². The highest BCUT2D eigenvalue weighted by Gasteiger charge is 2.32. The second-order valence-electron chi connectivity index (χ2n) is 5.09. The molecular formula is C14H19ClO. The molecule has 1 aromatic rings. The van der Waals surface area contributed by atoms with E-state index in [9.17, 15) is 4.79 Å². The fourth-order valence-electron chi connectivity index (χ4n) is 2.17. The minimum absolute atomic E-state index is 0.231. The monoisotopic (exact) mass is 238 g/mol. The molecule has 1 nitrogen and oxygen atoms in total. The van der Waals surface area contributed by atoms with Crippen LogP contribution in [0.5, 0.6) is 0 Å². The van der Waals surface area contributed by atoms with Crippen LogP contribution in [0.3, 0.4) is 0 Å². The highest BCUT2D eigenvalue weighted by Crippen LogP contribution is 2.32. The maximum atomic E-state index is 11.6. The fourth-order valence-corrected chi connectivity index (χ4v) is 2.31. The molecule has 0 unspecified atom stereocenters. The molecule has 0 aliphatic carbocycles. The molecule has 1 rings (SSSR count). The van der Waals surface area contributed by atoms with E-state index in [0.717, 1.165) is 6.42 Å². The van der Waals surface area contributed by atoms with E-state index in [1.807, 2.05) is 37.3 Å². The first-order valence-corrected chi connectivity index (χ1v) is 6.06. The van der Waals surface area contributed by atoms with Crippen molar-refractivity contribution in [3.63, 3.8) is 0 Å². The molecule has 0 spiro atoms. The van der Waals surface area contributed by atoms with Gasteiger partial charge in [-0.1, -0.05) is 51.1 Å². The molecule has 2 heteroatoms. The molecule has 0 bridgehead atoms. The Morgan fingerprint density at radius 2 is 1.88 bits per heavy atom. The molecule has 1 aromatic carbocycles. The molecule has 0 fully saturated rings. The van der Waals surface area contributed by atoms with E-state index < -0.39 is 5.41 Å². The summed E-state index contributed by atoms with van der Waals surface area (Å²) >= 11 is 5.74. The number of halogens is 1. The molecule has 0 aliphatic heterocycles. The quantitative estimate of drug-likeness (QED) is 0.708. The molecule has 0 aromatic heterocycles. The van der Waals surface area contributed by atoms with E-state index in [1.165, 1.54) is 5.56 Å². The zero-order valence-electron chi connectivity index (χ0n) is 10.2. The van der Waals surface area contributed by atoms with Crippen molar-refractivity contribution in [2.24, 2.45) is 11.3 Å². The fraction of sp³-hybridized carbons (Fsp3) is 0.500. The van der Waals surface area contributed by atoms with Crippen LogP contribution in [0.25, 0.3) is 0 Å². The van der Waals surface area contributed by atoms with Gasteiger partial charge in [-0.15, -0.1) is 0 Å². The summed E-state index contributed by atoms with van der Waals surface area (Å²) in [7, 11) is 0. The van der Waals surface area contributed by atoms with E-state index in [2.05, 4.69) is 13.8 Å². The van der Waals surface area contributed by atoms with Crippen LogP contribution in [-0.4, -0.2) is 5.24 Å². The van der Waals surface area contributed by atoms with Gasteiger partial charge in [0.25, 0.3) is 0 Å². The Morgan fingerprint density at radius 1 is 1.31 bits per heavy atom. The predicted molar refractivity (Wildman–Crippen MR) is 68.6 cm³/mol. The highest BCUT2D eigenvalue weighted by molar-refractivity contribution is 6.64. The maximum Gasteiger partial charge on any atom is 0.227 e. The molecule has 16 heavy (non-hydrogen) atoms. The lowest BCUT2D eigenvalue weighted by Crippen LogP contribution is -2.28. The van der Waals surface area contributed by atoms with E-state index in [4.69, 9.17) is 11.6 Å². The van der Waals surface area contributed by atoms with Crippen molar-refractivity contribution >= 4 is 16.8 Å². The molecule has 88 valence electrons. The van der Waals surface area contributed by atoms with Gasteiger partial charge in [-0.25, -0.2) is 0 Å². The summed E-state index contributed by atoms with van der Waals surface area (Å²) in [4.78, 5) is 11.6. The maximum absolute atomic E-state index is 11.6. The van der Waals surface area contributed by atoms with Crippen LogP contribution in [-0.2, 0) is 11.2 Å². The third-order valence-electron chi connectivity index (χ3n) is 2.77. The molecule has 1 atom stereocenters. The third kappa shape index (κ3) is 3.64.